The van der Waals surface area contributed by atoms with Gasteiger partial charge in [-0.25, -0.2) is 4.68 Å². The number of carbonyl (C=O) groups excluding carboxylic acids is 3. The van der Waals surface area contributed by atoms with Crippen molar-refractivity contribution in [3.8, 4) is 5.69 Å². The van der Waals surface area contributed by atoms with Gasteiger partial charge in [0.2, 0.25) is 11.8 Å². The number of benzene rings is 1. The predicted molar refractivity (Wildman–Crippen MR) is 94.7 cm³/mol. The summed E-state index contributed by atoms with van der Waals surface area (Å²) in [7, 11) is 0. The van der Waals surface area contributed by atoms with E-state index in [1.54, 1.807) is 30.5 Å². The fourth-order valence-corrected chi connectivity index (χ4v) is 2.73. The molecular formula is C17H20N6O3. The maximum absolute atomic E-state index is 12.0. The zero-order valence-electron chi connectivity index (χ0n) is 14.1. The van der Waals surface area contributed by atoms with Crippen LogP contribution in [0, 0.1) is 0 Å². The van der Waals surface area contributed by atoms with Gasteiger partial charge in [0.05, 0.1) is 18.3 Å². The van der Waals surface area contributed by atoms with Crippen molar-refractivity contribution in [2.24, 2.45) is 5.73 Å². The summed E-state index contributed by atoms with van der Waals surface area (Å²) in [6, 6.07) is 8.25. The molecule has 136 valence electrons. The number of nitrogens with two attached hydrogens (primary N) is 1. The molecule has 1 unspecified atom stereocenters. The summed E-state index contributed by atoms with van der Waals surface area (Å²) in [6.07, 6.45) is 3.35. The molecule has 1 aliphatic heterocycles. The van der Waals surface area contributed by atoms with E-state index < -0.39 is 5.91 Å². The van der Waals surface area contributed by atoms with E-state index in [1.165, 1.54) is 10.7 Å². The van der Waals surface area contributed by atoms with Gasteiger partial charge >= 0.3 is 0 Å². The second-order valence-corrected chi connectivity index (χ2v) is 5.98. The molecule has 3 amide bonds. The van der Waals surface area contributed by atoms with Gasteiger partial charge in [0.1, 0.15) is 5.69 Å². The summed E-state index contributed by atoms with van der Waals surface area (Å²) in [4.78, 5) is 35.1. The Kier molecular flexibility index (Phi) is 5.28. The first-order valence-corrected chi connectivity index (χ1v) is 8.30. The van der Waals surface area contributed by atoms with Crippen LogP contribution in [-0.2, 0) is 9.59 Å². The third-order valence-electron chi connectivity index (χ3n) is 4.04. The topological polar surface area (TPSA) is 131 Å². The van der Waals surface area contributed by atoms with Gasteiger partial charge in [-0.05, 0) is 43.7 Å². The standard InChI is InChI=1S/C17H20N6O3/c18-16(25)13-6-8-23(22-13)12-4-1-3-11(9-12)21-15(24)10-20-17(26)14-5-2-7-19-14/h1,3-4,6,8-9,14,19H,2,5,7,10H2,(H2,18,25)(H,20,26)(H,21,24). The molecule has 1 saturated heterocycles. The number of amides is 3. The van der Waals surface area contributed by atoms with Crippen LogP contribution in [0.3, 0.4) is 0 Å². The Morgan fingerprint density at radius 1 is 1.31 bits per heavy atom. The highest BCUT2D eigenvalue weighted by Gasteiger charge is 2.22. The molecular weight excluding hydrogens is 336 g/mol. The highest BCUT2D eigenvalue weighted by molar-refractivity contribution is 5.95. The molecule has 0 radical (unpaired) electrons. The van der Waals surface area contributed by atoms with E-state index in [1.807, 2.05) is 0 Å². The van der Waals surface area contributed by atoms with Crippen LogP contribution in [-0.4, -0.2) is 46.6 Å². The monoisotopic (exact) mass is 356 g/mol. The van der Waals surface area contributed by atoms with Crippen LogP contribution in [0.4, 0.5) is 5.69 Å². The van der Waals surface area contributed by atoms with Crippen molar-refractivity contribution in [2.75, 3.05) is 18.4 Å². The van der Waals surface area contributed by atoms with Crippen molar-refractivity contribution in [3.05, 3.63) is 42.2 Å². The molecule has 1 aromatic heterocycles. The summed E-state index contributed by atoms with van der Waals surface area (Å²) in [5.41, 5.74) is 6.56. The van der Waals surface area contributed by atoms with Crippen LogP contribution in [0.5, 0.6) is 0 Å². The lowest BCUT2D eigenvalue weighted by Gasteiger charge is -2.11. The van der Waals surface area contributed by atoms with Crippen molar-refractivity contribution >= 4 is 23.4 Å². The Morgan fingerprint density at radius 2 is 2.15 bits per heavy atom. The second kappa shape index (κ2) is 7.79. The minimum atomic E-state index is -0.610. The van der Waals surface area contributed by atoms with Crippen molar-refractivity contribution in [1.29, 1.82) is 0 Å². The zero-order chi connectivity index (χ0) is 18.5. The lowest BCUT2D eigenvalue weighted by Crippen LogP contribution is -2.43. The van der Waals surface area contributed by atoms with Gasteiger partial charge in [0.15, 0.2) is 0 Å². The predicted octanol–water partition coefficient (Wildman–Crippen LogP) is -0.222. The van der Waals surface area contributed by atoms with Gasteiger partial charge in [0.25, 0.3) is 5.91 Å². The van der Waals surface area contributed by atoms with Crippen molar-refractivity contribution in [1.82, 2.24) is 20.4 Å². The van der Waals surface area contributed by atoms with E-state index in [9.17, 15) is 14.4 Å². The van der Waals surface area contributed by atoms with Crippen LogP contribution in [0.1, 0.15) is 23.3 Å². The van der Waals surface area contributed by atoms with E-state index in [-0.39, 0.29) is 30.1 Å². The first-order chi connectivity index (χ1) is 12.5. The SMILES string of the molecule is NC(=O)c1ccn(-c2cccc(NC(=O)CNC(=O)C3CCCN3)c2)n1. The third-order valence-corrected chi connectivity index (χ3v) is 4.04. The first kappa shape index (κ1) is 17.6. The number of hydrogen-bond acceptors (Lipinski definition) is 5. The Hall–Kier alpha value is -3.20. The summed E-state index contributed by atoms with van der Waals surface area (Å²) in [5, 5.41) is 12.5. The van der Waals surface area contributed by atoms with E-state index in [2.05, 4.69) is 21.0 Å². The fourth-order valence-electron chi connectivity index (χ4n) is 2.73. The highest BCUT2D eigenvalue weighted by Crippen LogP contribution is 2.14. The number of anilines is 1. The summed E-state index contributed by atoms with van der Waals surface area (Å²) >= 11 is 0. The second-order valence-electron chi connectivity index (χ2n) is 5.98. The molecule has 9 nitrogen and oxygen atoms in total. The Balaban J connectivity index is 1.58. The third kappa shape index (κ3) is 4.25. The van der Waals surface area contributed by atoms with Crippen LogP contribution in [0.2, 0.25) is 0 Å². The van der Waals surface area contributed by atoms with Gasteiger partial charge in [-0.2, -0.15) is 5.10 Å². The van der Waals surface area contributed by atoms with Crippen LogP contribution in [0.25, 0.3) is 5.69 Å². The Bertz CT molecular complexity index is 825. The zero-order valence-corrected chi connectivity index (χ0v) is 14.1. The maximum Gasteiger partial charge on any atom is 0.269 e. The molecule has 2 heterocycles. The maximum atomic E-state index is 12.0. The van der Waals surface area contributed by atoms with Crippen molar-refractivity contribution < 1.29 is 14.4 Å². The molecule has 9 heteroatoms. The molecule has 1 atom stereocenters. The minimum Gasteiger partial charge on any atom is -0.364 e. The number of primary amides is 1. The summed E-state index contributed by atoms with van der Waals surface area (Å²) < 4.78 is 1.49. The van der Waals surface area contributed by atoms with Crippen LogP contribution >= 0.6 is 0 Å². The van der Waals surface area contributed by atoms with E-state index >= 15 is 0 Å². The average molecular weight is 356 g/mol. The van der Waals surface area contributed by atoms with Crippen molar-refractivity contribution in [2.45, 2.75) is 18.9 Å². The molecule has 1 aliphatic rings. The normalized spacial score (nSPS) is 16.2. The molecule has 0 aliphatic carbocycles. The van der Waals surface area contributed by atoms with Gasteiger partial charge in [-0.3, -0.25) is 14.4 Å². The number of carbonyl (C=O) groups is 3. The molecule has 3 rings (SSSR count). The smallest absolute Gasteiger partial charge is 0.269 e. The molecule has 2 aromatic rings. The number of rotatable bonds is 6. The molecule has 1 aromatic carbocycles. The number of nitrogens with one attached hydrogen (secondary N) is 3. The van der Waals surface area contributed by atoms with E-state index in [0.717, 1.165) is 19.4 Å². The lowest BCUT2D eigenvalue weighted by atomic mass is 10.2. The molecule has 0 bridgehead atoms. The molecule has 0 spiro atoms. The number of hydrogen-bond donors (Lipinski definition) is 4. The van der Waals surface area contributed by atoms with Gasteiger partial charge in [-0.15, -0.1) is 0 Å². The molecule has 1 fully saturated rings. The Labute approximate surface area is 149 Å². The fraction of sp³-hybridized carbons (Fsp3) is 0.294. The van der Waals surface area contributed by atoms with Gasteiger partial charge in [-0.1, -0.05) is 6.07 Å². The lowest BCUT2D eigenvalue weighted by molar-refractivity contribution is -0.125. The number of nitrogens with zero attached hydrogens (tertiary/aromatic N) is 2. The minimum absolute atomic E-state index is 0.102. The average Bonchev–Trinajstić information content (AvgIpc) is 3.31. The van der Waals surface area contributed by atoms with Crippen molar-refractivity contribution in [3.63, 3.8) is 0 Å². The molecule has 0 saturated carbocycles. The van der Waals surface area contributed by atoms with E-state index in [0.29, 0.717) is 11.4 Å². The Morgan fingerprint density at radius 3 is 2.85 bits per heavy atom. The first-order valence-electron chi connectivity index (χ1n) is 8.30. The highest BCUT2D eigenvalue weighted by atomic mass is 16.2. The quantitative estimate of drug-likeness (QED) is 0.568. The van der Waals surface area contributed by atoms with Crippen LogP contribution < -0.4 is 21.7 Å². The van der Waals surface area contributed by atoms with Gasteiger partial charge in [0, 0.05) is 11.9 Å². The van der Waals surface area contributed by atoms with E-state index in [4.69, 9.17) is 5.73 Å². The summed E-state index contributed by atoms with van der Waals surface area (Å²) in [6.45, 7) is 0.719. The van der Waals surface area contributed by atoms with Crippen LogP contribution in [0.15, 0.2) is 36.5 Å². The van der Waals surface area contributed by atoms with Gasteiger partial charge < -0.3 is 21.7 Å². The molecule has 5 N–H and O–H groups in total. The number of aromatic nitrogens is 2. The molecule has 26 heavy (non-hydrogen) atoms. The largest absolute Gasteiger partial charge is 0.364 e. The summed E-state index contributed by atoms with van der Waals surface area (Å²) in [5.74, 6) is -1.10.